The molecule has 0 radical (unpaired) electrons. The quantitative estimate of drug-likeness (QED) is 0.362. The van der Waals surface area contributed by atoms with Crippen LogP contribution in [0.2, 0.25) is 0 Å². The minimum atomic E-state index is 0.0339. The number of quaternary nitrogens is 1. The molecule has 2 heteroatoms. The van der Waals surface area contributed by atoms with Gasteiger partial charge in [0.1, 0.15) is 0 Å². The molecule has 1 saturated carbocycles. The summed E-state index contributed by atoms with van der Waals surface area (Å²) in [5.41, 5.74) is 0. The van der Waals surface area contributed by atoms with Crippen molar-refractivity contribution in [1.82, 2.24) is 0 Å². The second-order valence-electron chi connectivity index (χ2n) is 5.60. The molecule has 0 aromatic rings. The fraction of sp³-hybridized carbons (Fsp3) is 1.00. The van der Waals surface area contributed by atoms with E-state index in [0.29, 0.717) is 6.04 Å². The first-order chi connectivity index (χ1) is 7.67. The summed E-state index contributed by atoms with van der Waals surface area (Å²) in [7, 11) is 1.90. The third-order valence-corrected chi connectivity index (χ3v) is 4.05. The molecule has 0 aromatic heterocycles. The van der Waals surface area contributed by atoms with Crippen molar-refractivity contribution >= 4 is 0 Å². The Morgan fingerprint density at radius 1 is 1.00 bits per heavy atom. The summed E-state index contributed by atoms with van der Waals surface area (Å²) >= 11 is 0. The molecule has 0 aromatic carbocycles. The van der Waals surface area contributed by atoms with Gasteiger partial charge in [0.05, 0.1) is 19.6 Å². The highest BCUT2D eigenvalue weighted by Gasteiger charge is 2.25. The summed E-state index contributed by atoms with van der Waals surface area (Å²) in [6, 6.07) is 0.403. The van der Waals surface area contributed by atoms with Gasteiger partial charge in [-0.1, -0.05) is 32.6 Å². The standard InChI is InChI=1S/C14H29NO/c1-3-4-5-6-10-13-15(2,16)14-11-8-7-9-12-14/h14H,3-13H2,1-2H3. The molecule has 0 heterocycles. The van der Waals surface area contributed by atoms with Crippen LogP contribution in [0.3, 0.4) is 0 Å². The third-order valence-electron chi connectivity index (χ3n) is 4.05. The van der Waals surface area contributed by atoms with Crippen molar-refractivity contribution in [3.05, 3.63) is 5.21 Å². The molecular formula is C14H29NO. The molecular weight excluding hydrogens is 198 g/mol. The van der Waals surface area contributed by atoms with Crippen LogP contribution >= 0.6 is 0 Å². The van der Waals surface area contributed by atoms with Crippen LogP contribution in [0, 0.1) is 5.21 Å². The van der Waals surface area contributed by atoms with Crippen LogP contribution in [0.1, 0.15) is 71.1 Å². The lowest BCUT2D eigenvalue weighted by atomic mass is 9.94. The Morgan fingerprint density at radius 3 is 2.25 bits per heavy atom. The molecule has 1 aliphatic rings. The van der Waals surface area contributed by atoms with Gasteiger partial charge >= 0.3 is 0 Å². The zero-order valence-electron chi connectivity index (χ0n) is 11.2. The second kappa shape index (κ2) is 7.29. The van der Waals surface area contributed by atoms with Crippen molar-refractivity contribution in [2.45, 2.75) is 77.2 Å². The van der Waals surface area contributed by atoms with Gasteiger partial charge in [0.2, 0.25) is 0 Å². The zero-order chi connectivity index (χ0) is 11.9. The van der Waals surface area contributed by atoms with E-state index in [-0.39, 0.29) is 4.65 Å². The highest BCUT2D eigenvalue weighted by molar-refractivity contribution is 4.67. The predicted molar refractivity (Wildman–Crippen MR) is 70.1 cm³/mol. The average Bonchev–Trinajstić information content (AvgIpc) is 2.30. The van der Waals surface area contributed by atoms with Crippen LogP contribution in [-0.4, -0.2) is 24.3 Å². The lowest BCUT2D eigenvalue weighted by Gasteiger charge is -2.47. The Bertz CT molecular complexity index is 174. The Balaban J connectivity index is 2.16. The maximum atomic E-state index is 12.4. The van der Waals surface area contributed by atoms with Gasteiger partial charge in [0, 0.05) is 0 Å². The minimum absolute atomic E-state index is 0.0339. The van der Waals surface area contributed by atoms with Gasteiger partial charge in [-0.15, -0.1) is 0 Å². The molecule has 96 valence electrons. The summed E-state index contributed by atoms with van der Waals surface area (Å²) in [6.45, 7) is 3.07. The fourth-order valence-corrected chi connectivity index (χ4v) is 2.84. The second-order valence-corrected chi connectivity index (χ2v) is 5.60. The van der Waals surface area contributed by atoms with E-state index in [4.69, 9.17) is 0 Å². The Kier molecular flexibility index (Phi) is 6.37. The van der Waals surface area contributed by atoms with Gasteiger partial charge in [-0.2, -0.15) is 0 Å². The first-order valence-corrected chi connectivity index (χ1v) is 7.23. The van der Waals surface area contributed by atoms with E-state index in [1.165, 1.54) is 44.9 Å². The maximum absolute atomic E-state index is 12.4. The van der Waals surface area contributed by atoms with E-state index in [1.807, 2.05) is 7.05 Å². The maximum Gasteiger partial charge on any atom is 0.0885 e. The average molecular weight is 227 g/mol. The number of rotatable bonds is 7. The summed E-state index contributed by atoms with van der Waals surface area (Å²) in [4.78, 5) is 0. The van der Waals surface area contributed by atoms with Crippen molar-refractivity contribution in [2.24, 2.45) is 0 Å². The van der Waals surface area contributed by atoms with E-state index in [0.717, 1.165) is 25.8 Å². The van der Waals surface area contributed by atoms with Crippen LogP contribution in [0.15, 0.2) is 0 Å². The van der Waals surface area contributed by atoms with Crippen molar-refractivity contribution in [3.63, 3.8) is 0 Å². The van der Waals surface area contributed by atoms with Crippen molar-refractivity contribution in [1.29, 1.82) is 0 Å². The van der Waals surface area contributed by atoms with E-state index < -0.39 is 0 Å². The fourth-order valence-electron chi connectivity index (χ4n) is 2.84. The van der Waals surface area contributed by atoms with Gasteiger partial charge in [0.25, 0.3) is 0 Å². The molecule has 16 heavy (non-hydrogen) atoms. The molecule has 0 N–H and O–H groups in total. The Hall–Kier alpha value is -0.0800. The largest absolute Gasteiger partial charge is 0.633 e. The van der Waals surface area contributed by atoms with Crippen molar-refractivity contribution in [2.75, 3.05) is 13.6 Å². The number of hydrogen-bond acceptors (Lipinski definition) is 1. The van der Waals surface area contributed by atoms with Gasteiger partial charge in [-0.3, -0.25) is 0 Å². The highest BCUT2D eigenvalue weighted by Crippen LogP contribution is 2.26. The first-order valence-electron chi connectivity index (χ1n) is 7.23. The molecule has 0 saturated heterocycles. The molecule has 1 unspecified atom stereocenters. The van der Waals surface area contributed by atoms with Crippen LogP contribution < -0.4 is 0 Å². The van der Waals surface area contributed by atoms with Crippen LogP contribution in [0.25, 0.3) is 0 Å². The van der Waals surface area contributed by atoms with Gasteiger partial charge in [-0.05, 0) is 38.5 Å². The minimum Gasteiger partial charge on any atom is -0.633 e. The normalized spacial score (nSPS) is 21.9. The molecule has 1 atom stereocenters. The number of hydroxylamine groups is 3. The van der Waals surface area contributed by atoms with Gasteiger partial charge < -0.3 is 9.85 Å². The van der Waals surface area contributed by atoms with Gasteiger partial charge in [0.15, 0.2) is 0 Å². The molecule has 1 aliphatic carbocycles. The Morgan fingerprint density at radius 2 is 1.62 bits per heavy atom. The predicted octanol–water partition coefficient (Wildman–Crippen LogP) is 4.23. The van der Waals surface area contributed by atoms with E-state index in [2.05, 4.69) is 6.92 Å². The number of unbranched alkanes of at least 4 members (excludes halogenated alkanes) is 4. The monoisotopic (exact) mass is 227 g/mol. The SMILES string of the molecule is CCCCCCC[N+](C)([O-])C1CCCCC1. The Labute approximate surface area is 101 Å². The smallest absolute Gasteiger partial charge is 0.0885 e. The molecule has 0 spiro atoms. The molecule has 0 aliphatic heterocycles. The lowest BCUT2D eigenvalue weighted by molar-refractivity contribution is -0.888. The topological polar surface area (TPSA) is 23.1 Å². The summed E-state index contributed by atoms with van der Waals surface area (Å²) in [6.07, 6.45) is 12.5. The van der Waals surface area contributed by atoms with Crippen LogP contribution in [0.4, 0.5) is 0 Å². The lowest BCUT2D eigenvalue weighted by Crippen LogP contribution is -2.48. The van der Waals surface area contributed by atoms with E-state index >= 15 is 0 Å². The molecule has 0 amide bonds. The van der Waals surface area contributed by atoms with Crippen molar-refractivity contribution in [3.8, 4) is 0 Å². The summed E-state index contributed by atoms with van der Waals surface area (Å²) in [5.74, 6) is 0. The number of hydrogen-bond donors (Lipinski definition) is 0. The molecule has 2 nitrogen and oxygen atoms in total. The number of nitrogens with zero attached hydrogens (tertiary/aromatic N) is 1. The summed E-state index contributed by atoms with van der Waals surface area (Å²) < 4.78 is 0.0339. The third kappa shape index (κ3) is 4.84. The van der Waals surface area contributed by atoms with Gasteiger partial charge in [-0.25, -0.2) is 0 Å². The van der Waals surface area contributed by atoms with Crippen LogP contribution in [0.5, 0.6) is 0 Å². The molecule has 1 rings (SSSR count). The zero-order valence-corrected chi connectivity index (χ0v) is 11.2. The molecule has 1 fully saturated rings. The molecule has 0 bridgehead atoms. The highest BCUT2D eigenvalue weighted by atomic mass is 16.5. The van der Waals surface area contributed by atoms with E-state index in [9.17, 15) is 5.21 Å². The van der Waals surface area contributed by atoms with E-state index in [1.54, 1.807) is 0 Å². The van der Waals surface area contributed by atoms with Crippen molar-refractivity contribution < 1.29 is 4.65 Å². The van der Waals surface area contributed by atoms with Crippen LogP contribution in [-0.2, 0) is 0 Å². The summed E-state index contributed by atoms with van der Waals surface area (Å²) in [5, 5.41) is 12.4. The first kappa shape index (κ1) is 14.0.